The lowest BCUT2D eigenvalue weighted by molar-refractivity contribution is -0.161. The predicted octanol–water partition coefficient (Wildman–Crippen LogP) is -0.386. The van der Waals surface area contributed by atoms with Crippen molar-refractivity contribution >= 4 is 11.8 Å². The number of nitrogen functional groups attached to an aromatic ring is 1. The molecular weight excluding hydrogens is 304 g/mol. The molecule has 23 heavy (non-hydrogen) atoms. The van der Waals surface area contributed by atoms with Crippen LogP contribution in [-0.2, 0) is 19.0 Å². The summed E-state index contributed by atoms with van der Waals surface area (Å²) in [5.41, 5.74) is 10.7. The van der Waals surface area contributed by atoms with Crippen LogP contribution in [0.15, 0.2) is 17.1 Å². The lowest BCUT2D eigenvalue weighted by Crippen LogP contribution is -2.39. The standard InChI is InChI=1S/C14H22N4O5/c1-3-8(2)12(16)13(19)22-7-11-21-6-10(23-11)18-5-4-9(15)17-14(18)20/h4-5,8,10-12H,3,6-7,16H2,1-2H3,(H2,15,17,20)/t8?,10-,11-,12?/m0/s1. The number of nitrogens with zero attached hydrogens (tertiary/aromatic N) is 2. The van der Waals surface area contributed by atoms with Gasteiger partial charge in [-0.15, -0.1) is 0 Å². The van der Waals surface area contributed by atoms with Gasteiger partial charge >= 0.3 is 11.7 Å². The van der Waals surface area contributed by atoms with Crippen molar-refractivity contribution in [3.8, 4) is 0 Å². The zero-order chi connectivity index (χ0) is 17.0. The Morgan fingerprint density at radius 2 is 2.35 bits per heavy atom. The number of hydrogen-bond acceptors (Lipinski definition) is 8. The first-order chi connectivity index (χ1) is 10.9. The summed E-state index contributed by atoms with van der Waals surface area (Å²) in [4.78, 5) is 27.2. The molecule has 128 valence electrons. The molecule has 0 amide bonds. The highest BCUT2D eigenvalue weighted by molar-refractivity contribution is 5.75. The van der Waals surface area contributed by atoms with Gasteiger partial charge < -0.3 is 25.7 Å². The highest BCUT2D eigenvalue weighted by atomic mass is 16.7. The molecule has 9 heteroatoms. The van der Waals surface area contributed by atoms with Gasteiger partial charge in [0.2, 0.25) is 0 Å². The van der Waals surface area contributed by atoms with E-state index in [1.807, 2.05) is 13.8 Å². The van der Waals surface area contributed by atoms with E-state index < -0.39 is 30.2 Å². The van der Waals surface area contributed by atoms with Crippen molar-refractivity contribution in [2.24, 2.45) is 11.7 Å². The third-order valence-electron chi connectivity index (χ3n) is 3.79. The summed E-state index contributed by atoms with van der Waals surface area (Å²) in [6.07, 6.45) is 0.869. The Hall–Kier alpha value is -1.97. The van der Waals surface area contributed by atoms with Crippen LogP contribution in [0.1, 0.15) is 26.5 Å². The Bertz CT molecular complexity index is 605. The SMILES string of the molecule is CCC(C)C(N)C(=O)OC[C@H]1OC[C@@H](n2ccc(N)nc2=O)O1. The molecule has 4 N–H and O–H groups in total. The Kier molecular flexibility index (Phi) is 5.69. The molecule has 1 aromatic rings. The number of ether oxygens (including phenoxy) is 3. The van der Waals surface area contributed by atoms with E-state index >= 15 is 0 Å². The van der Waals surface area contributed by atoms with Crippen molar-refractivity contribution in [3.05, 3.63) is 22.7 Å². The van der Waals surface area contributed by atoms with E-state index in [1.54, 1.807) is 0 Å². The van der Waals surface area contributed by atoms with E-state index in [0.717, 1.165) is 6.42 Å². The van der Waals surface area contributed by atoms with Crippen molar-refractivity contribution in [3.63, 3.8) is 0 Å². The van der Waals surface area contributed by atoms with Crippen LogP contribution in [0.2, 0.25) is 0 Å². The molecular formula is C14H22N4O5. The van der Waals surface area contributed by atoms with Gasteiger partial charge in [0.15, 0.2) is 12.5 Å². The second-order valence-corrected chi connectivity index (χ2v) is 5.44. The Balaban J connectivity index is 1.86. The molecule has 0 aliphatic carbocycles. The van der Waals surface area contributed by atoms with Gasteiger partial charge in [-0.2, -0.15) is 4.98 Å². The second kappa shape index (κ2) is 7.53. The van der Waals surface area contributed by atoms with E-state index in [-0.39, 0.29) is 24.9 Å². The fraction of sp³-hybridized carbons (Fsp3) is 0.643. The van der Waals surface area contributed by atoms with Crippen LogP contribution >= 0.6 is 0 Å². The third-order valence-corrected chi connectivity index (χ3v) is 3.79. The number of rotatable bonds is 6. The van der Waals surface area contributed by atoms with Crippen molar-refractivity contribution in [2.45, 2.75) is 38.8 Å². The van der Waals surface area contributed by atoms with E-state index in [0.29, 0.717) is 0 Å². The number of anilines is 1. The smallest absolute Gasteiger partial charge is 0.351 e. The summed E-state index contributed by atoms with van der Waals surface area (Å²) in [5, 5.41) is 0. The zero-order valence-corrected chi connectivity index (χ0v) is 13.2. The molecule has 2 unspecified atom stereocenters. The fourth-order valence-electron chi connectivity index (χ4n) is 2.05. The molecule has 1 fully saturated rings. The average molecular weight is 326 g/mol. The Morgan fingerprint density at radius 3 is 3.00 bits per heavy atom. The van der Waals surface area contributed by atoms with Crippen molar-refractivity contribution in [1.82, 2.24) is 9.55 Å². The monoisotopic (exact) mass is 326 g/mol. The minimum absolute atomic E-state index is 0.0279. The molecule has 4 atom stereocenters. The normalized spacial score (nSPS) is 23.4. The van der Waals surface area contributed by atoms with Crippen LogP contribution < -0.4 is 17.2 Å². The molecule has 0 bridgehead atoms. The number of carbonyl (C=O) groups excluding carboxylic acids is 1. The molecule has 2 heterocycles. The summed E-state index contributed by atoms with van der Waals surface area (Å²) in [6.45, 7) is 3.89. The average Bonchev–Trinajstić information content (AvgIpc) is 2.99. The lowest BCUT2D eigenvalue weighted by Gasteiger charge is -2.18. The molecule has 0 spiro atoms. The van der Waals surface area contributed by atoms with Gasteiger partial charge in [-0.3, -0.25) is 9.36 Å². The summed E-state index contributed by atoms with van der Waals surface area (Å²) in [5.74, 6) is -0.337. The summed E-state index contributed by atoms with van der Waals surface area (Å²) in [6, 6.07) is 0.810. The predicted molar refractivity (Wildman–Crippen MR) is 81.2 cm³/mol. The first kappa shape index (κ1) is 17.4. The van der Waals surface area contributed by atoms with E-state index in [2.05, 4.69) is 4.98 Å². The molecule has 0 aromatic carbocycles. The molecule has 0 radical (unpaired) electrons. The molecule has 1 aromatic heterocycles. The van der Waals surface area contributed by atoms with Gasteiger partial charge in [0, 0.05) is 6.20 Å². The van der Waals surface area contributed by atoms with Gasteiger partial charge in [-0.05, 0) is 12.0 Å². The van der Waals surface area contributed by atoms with Crippen LogP contribution in [-0.4, -0.2) is 41.1 Å². The quantitative estimate of drug-likeness (QED) is 0.676. The van der Waals surface area contributed by atoms with Gasteiger partial charge in [0.25, 0.3) is 0 Å². The topological polar surface area (TPSA) is 132 Å². The van der Waals surface area contributed by atoms with Gasteiger partial charge in [0.05, 0.1) is 6.61 Å². The maximum absolute atomic E-state index is 11.8. The number of hydrogen-bond donors (Lipinski definition) is 2. The molecule has 9 nitrogen and oxygen atoms in total. The highest BCUT2D eigenvalue weighted by Gasteiger charge is 2.30. The fourth-order valence-corrected chi connectivity index (χ4v) is 2.05. The van der Waals surface area contributed by atoms with Crippen molar-refractivity contribution < 1.29 is 19.0 Å². The summed E-state index contributed by atoms with van der Waals surface area (Å²) in [7, 11) is 0. The number of nitrogens with two attached hydrogens (primary N) is 2. The maximum Gasteiger partial charge on any atom is 0.351 e. The first-order valence-electron chi connectivity index (χ1n) is 7.46. The Morgan fingerprint density at radius 1 is 1.61 bits per heavy atom. The molecule has 1 aliphatic heterocycles. The number of esters is 1. The molecule has 1 aliphatic rings. The highest BCUT2D eigenvalue weighted by Crippen LogP contribution is 2.20. The van der Waals surface area contributed by atoms with Crippen LogP contribution in [0.5, 0.6) is 0 Å². The van der Waals surface area contributed by atoms with Crippen LogP contribution in [0.25, 0.3) is 0 Å². The molecule has 1 saturated heterocycles. The van der Waals surface area contributed by atoms with E-state index in [4.69, 9.17) is 25.7 Å². The second-order valence-electron chi connectivity index (χ2n) is 5.44. The van der Waals surface area contributed by atoms with E-state index in [9.17, 15) is 9.59 Å². The minimum Gasteiger partial charge on any atom is -0.459 e. The van der Waals surface area contributed by atoms with Crippen LogP contribution in [0.4, 0.5) is 5.82 Å². The van der Waals surface area contributed by atoms with E-state index in [1.165, 1.54) is 16.8 Å². The first-order valence-corrected chi connectivity index (χ1v) is 7.46. The number of aromatic nitrogens is 2. The van der Waals surface area contributed by atoms with Gasteiger partial charge in [0.1, 0.15) is 18.5 Å². The Labute approximate surface area is 133 Å². The zero-order valence-electron chi connectivity index (χ0n) is 13.2. The lowest BCUT2D eigenvalue weighted by atomic mass is 10.0. The van der Waals surface area contributed by atoms with Gasteiger partial charge in [-0.1, -0.05) is 20.3 Å². The van der Waals surface area contributed by atoms with Crippen molar-refractivity contribution in [2.75, 3.05) is 18.9 Å². The number of carbonyl (C=O) groups is 1. The summed E-state index contributed by atoms with van der Waals surface area (Å²) < 4.78 is 17.3. The minimum atomic E-state index is -0.752. The van der Waals surface area contributed by atoms with Crippen molar-refractivity contribution in [1.29, 1.82) is 0 Å². The van der Waals surface area contributed by atoms with Gasteiger partial charge in [-0.25, -0.2) is 4.79 Å². The largest absolute Gasteiger partial charge is 0.459 e. The molecule has 0 saturated carbocycles. The molecule has 2 rings (SSSR count). The third kappa shape index (κ3) is 4.27. The van der Waals surface area contributed by atoms with Crippen LogP contribution in [0, 0.1) is 5.92 Å². The summed E-state index contributed by atoms with van der Waals surface area (Å²) >= 11 is 0. The van der Waals surface area contributed by atoms with Crippen LogP contribution in [0.3, 0.4) is 0 Å². The maximum atomic E-state index is 11.8.